The van der Waals surface area contributed by atoms with E-state index in [4.69, 9.17) is 10.3 Å². The maximum absolute atomic E-state index is 11.5. The third-order valence-corrected chi connectivity index (χ3v) is 5.59. The van der Waals surface area contributed by atoms with Crippen LogP contribution in [0.4, 0.5) is 5.69 Å². The summed E-state index contributed by atoms with van der Waals surface area (Å²) in [5.41, 5.74) is 4.68. The SMILES string of the molecule is Nc1cc(S(=O)(=O)O)c2cc(S(=O)(=O)O)cc(S(=O)(=O)O)c2c1O. The molecular weight excluding hydrogens is 390 g/mol. The molecule has 11 nitrogen and oxygen atoms in total. The van der Waals surface area contributed by atoms with Gasteiger partial charge in [0, 0.05) is 10.8 Å². The molecule has 0 saturated heterocycles. The lowest BCUT2D eigenvalue weighted by Crippen LogP contribution is -2.08. The molecule has 2 aromatic carbocycles. The van der Waals surface area contributed by atoms with Crippen LogP contribution in [0.2, 0.25) is 0 Å². The van der Waals surface area contributed by atoms with Gasteiger partial charge < -0.3 is 10.8 Å². The molecule has 2 rings (SSSR count). The highest BCUT2D eigenvalue weighted by Gasteiger charge is 2.27. The first kappa shape index (κ1) is 18.4. The smallest absolute Gasteiger partial charge is 0.295 e. The molecule has 0 heterocycles. The Morgan fingerprint density at radius 2 is 1.25 bits per heavy atom. The van der Waals surface area contributed by atoms with E-state index in [2.05, 4.69) is 0 Å². The van der Waals surface area contributed by atoms with Crippen LogP contribution in [0, 0.1) is 0 Å². The van der Waals surface area contributed by atoms with Gasteiger partial charge in [-0.3, -0.25) is 13.7 Å². The van der Waals surface area contributed by atoms with Crippen LogP contribution in [0.1, 0.15) is 0 Å². The highest BCUT2D eigenvalue weighted by Crippen LogP contribution is 2.40. The van der Waals surface area contributed by atoms with Crippen molar-refractivity contribution in [1.82, 2.24) is 0 Å². The first-order valence-corrected chi connectivity index (χ1v) is 9.97. The Labute approximate surface area is 135 Å². The van der Waals surface area contributed by atoms with Crippen LogP contribution < -0.4 is 5.73 Å². The molecule has 2 aromatic rings. The maximum atomic E-state index is 11.5. The van der Waals surface area contributed by atoms with Crippen LogP contribution in [-0.2, 0) is 30.4 Å². The molecule has 0 spiro atoms. The van der Waals surface area contributed by atoms with E-state index in [1.807, 2.05) is 0 Å². The van der Waals surface area contributed by atoms with Gasteiger partial charge >= 0.3 is 0 Å². The number of fused-ring (bicyclic) bond motifs is 1. The van der Waals surface area contributed by atoms with E-state index in [0.29, 0.717) is 18.2 Å². The molecule has 0 aliphatic rings. The van der Waals surface area contributed by atoms with Gasteiger partial charge in [-0.05, 0) is 18.2 Å². The van der Waals surface area contributed by atoms with Gasteiger partial charge in [-0.2, -0.15) is 25.3 Å². The van der Waals surface area contributed by atoms with Crippen molar-refractivity contribution in [2.24, 2.45) is 0 Å². The van der Waals surface area contributed by atoms with Crippen molar-refractivity contribution in [3.05, 3.63) is 18.2 Å². The van der Waals surface area contributed by atoms with Crippen molar-refractivity contribution in [2.45, 2.75) is 14.7 Å². The van der Waals surface area contributed by atoms with Crippen LogP contribution >= 0.6 is 0 Å². The van der Waals surface area contributed by atoms with E-state index in [0.717, 1.165) is 0 Å². The molecule has 0 radical (unpaired) electrons. The molecule has 0 amide bonds. The molecule has 24 heavy (non-hydrogen) atoms. The summed E-state index contributed by atoms with van der Waals surface area (Å²) in [6.45, 7) is 0. The Balaban J connectivity index is 3.31. The standard InChI is InChI=1S/C10H9NO10S3/c11-6-3-7(23(16,17)18)5-1-4(22(13,14)15)2-8(24(19,20)21)9(5)10(6)12/h1-3,12H,11H2,(H,13,14,15)(H,16,17,18)(H,19,20,21). The van der Waals surface area contributed by atoms with Gasteiger partial charge in [-0.15, -0.1) is 0 Å². The number of nitrogens with two attached hydrogens (primary N) is 1. The van der Waals surface area contributed by atoms with E-state index in [-0.39, 0.29) is 0 Å². The summed E-state index contributed by atoms with van der Waals surface area (Å²) in [7, 11) is -15.2. The summed E-state index contributed by atoms with van der Waals surface area (Å²) in [6, 6.07) is 1.33. The Morgan fingerprint density at radius 1 is 0.750 bits per heavy atom. The summed E-state index contributed by atoms with van der Waals surface area (Å²) in [5, 5.41) is 8.25. The minimum atomic E-state index is -5.18. The normalized spacial score (nSPS) is 13.3. The predicted molar refractivity (Wildman–Crippen MR) is 79.5 cm³/mol. The fraction of sp³-hybridized carbons (Fsp3) is 0. The predicted octanol–water partition coefficient (Wildman–Crippen LogP) is -0.132. The Bertz CT molecular complexity index is 1180. The average molecular weight is 399 g/mol. The maximum Gasteiger partial charge on any atom is 0.295 e. The zero-order chi connectivity index (χ0) is 18.7. The minimum Gasteiger partial charge on any atom is -0.505 e. The van der Waals surface area contributed by atoms with Crippen LogP contribution in [-0.4, -0.2) is 44.0 Å². The molecule has 0 bridgehead atoms. The van der Waals surface area contributed by atoms with E-state index < -0.39 is 67.3 Å². The number of aromatic hydroxyl groups is 1. The second-order valence-corrected chi connectivity index (χ2v) is 8.78. The number of rotatable bonds is 3. The van der Waals surface area contributed by atoms with Gasteiger partial charge in [0.1, 0.15) is 15.5 Å². The second-order valence-electron chi connectivity index (χ2n) is 4.58. The number of phenolic OH excluding ortho intramolecular Hbond substituents is 1. The topological polar surface area (TPSA) is 209 Å². The van der Waals surface area contributed by atoms with Crippen molar-refractivity contribution in [1.29, 1.82) is 0 Å². The summed E-state index contributed by atoms with van der Waals surface area (Å²) in [6.07, 6.45) is 0. The molecule has 6 N–H and O–H groups in total. The number of phenols is 1. The molecule has 14 heteroatoms. The van der Waals surface area contributed by atoms with Crippen molar-refractivity contribution in [2.75, 3.05) is 5.73 Å². The van der Waals surface area contributed by atoms with Gasteiger partial charge in [0.15, 0.2) is 0 Å². The lowest BCUT2D eigenvalue weighted by Gasteiger charge is -2.13. The van der Waals surface area contributed by atoms with E-state index in [1.54, 1.807) is 0 Å². The van der Waals surface area contributed by atoms with E-state index in [9.17, 15) is 39.5 Å². The van der Waals surface area contributed by atoms with Crippen LogP contribution in [0.25, 0.3) is 10.8 Å². The van der Waals surface area contributed by atoms with E-state index >= 15 is 0 Å². The van der Waals surface area contributed by atoms with Gasteiger partial charge in [0.2, 0.25) is 0 Å². The Hall–Kier alpha value is -1.97. The number of anilines is 1. The van der Waals surface area contributed by atoms with Crippen LogP contribution in [0.15, 0.2) is 32.9 Å². The molecule has 0 fully saturated rings. The number of hydrogen-bond acceptors (Lipinski definition) is 8. The Morgan fingerprint density at radius 3 is 1.67 bits per heavy atom. The molecule has 0 atom stereocenters. The number of nitrogen functional groups attached to an aromatic ring is 1. The minimum absolute atomic E-state index is 0.292. The van der Waals surface area contributed by atoms with Crippen molar-refractivity contribution in [3.8, 4) is 5.75 Å². The fourth-order valence-corrected chi connectivity index (χ4v) is 4.09. The fourth-order valence-electron chi connectivity index (χ4n) is 2.03. The molecule has 0 aliphatic heterocycles. The monoisotopic (exact) mass is 399 g/mol. The quantitative estimate of drug-likeness (QED) is 0.260. The van der Waals surface area contributed by atoms with Crippen molar-refractivity contribution < 1.29 is 44.0 Å². The Kier molecular flexibility index (Phi) is 4.03. The molecule has 0 aliphatic carbocycles. The molecule has 0 aromatic heterocycles. The zero-order valence-electron chi connectivity index (χ0n) is 11.3. The van der Waals surface area contributed by atoms with Crippen LogP contribution in [0.5, 0.6) is 5.75 Å². The van der Waals surface area contributed by atoms with Crippen molar-refractivity contribution in [3.63, 3.8) is 0 Å². The first-order valence-electron chi connectivity index (χ1n) is 5.65. The largest absolute Gasteiger partial charge is 0.505 e. The van der Waals surface area contributed by atoms with Gasteiger partial charge in [-0.1, -0.05) is 0 Å². The summed E-state index contributed by atoms with van der Waals surface area (Å²) >= 11 is 0. The summed E-state index contributed by atoms with van der Waals surface area (Å²) in [5.74, 6) is -0.980. The summed E-state index contributed by atoms with van der Waals surface area (Å²) < 4.78 is 95.8. The number of hydrogen-bond donors (Lipinski definition) is 5. The van der Waals surface area contributed by atoms with Crippen LogP contribution in [0.3, 0.4) is 0 Å². The van der Waals surface area contributed by atoms with Crippen molar-refractivity contribution >= 4 is 46.8 Å². The highest BCUT2D eigenvalue weighted by atomic mass is 32.2. The lowest BCUT2D eigenvalue weighted by atomic mass is 10.1. The van der Waals surface area contributed by atoms with Gasteiger partial charge in [0.05, 0.1) is 10.6 Å². The molecular formula is C10H9NO10S3. The number of benzene rings is 2. The third-order valence-electron chi connectivity index (χ3n) is 2.99. The second kappa shape index (κ2) is 5.27. The zero-order valence-corrected chi connectivity index (χ0v) is 13.7. The summed E-state index contributed by atoms with van der Waals surface area (Å²) in [4.78, 5) is -3.37. The first-order chi connectivity index (χ1) is 10.6. The molecule has 0 unspecified atom stereocenters. The van der Waals surface area contributed by atoms with E-state index in [1.165, 1.54) is 0 Å². The lowest BCUT2D eigenvalue weighted by molar-refractivity contribution is 0.472. The van der Waals surface area contributed by atoms with Gasteiger partial charge in [0.25, 0.3) is 30.4 Å². The van der Waals surface area contributed by atoms with Gasteiger partial charge in [-0.25, -0.2) is 0 Å². The molecule has 0 saturated carbocycles. The highest BCUT2D eigenvalue weighted by molar-refractivity contribution is 7.87. The average Bonchev–Trinajstić information content (AvgIpc) is 2.38. The third kappa shape index (κ3) is 3.14. The molecule has 132 valence electrons.